The van der Waals surface area contributed by atoms with Crippen LogP contribution in [0.3, 0.4) is 0 Å². The van der Waals surface area contributed by atoms with E-state index in [9.17, 15) is 0 Å². The van der Waals surface area contributed by atoms with E-state index < -0.39 is 0 Å². The summed E-state index contributed by atoms with van der Waals surface area (Å²) in [6.07, 6.45) is 5.72. The molecule has 34 heavy (non-hydrogen) atoms. The second-order valence-electron chi connectivity index (χ2n) is 8.66. The zero-order valence-electron chi connectivity index (χ0n) is 18.9. The predicted octanol–water partition coefficient (Wildman–Crippen LogP) is 4.91. The molecule has 1 fully saturated rings. The summed E-state index contributed by atoms with van der Waals surface area (Å²) in [5, 5.41) is 5.57. The average molecular weight is 446 g/mol. The van der Waals surface area contributed by atoms with Crippen molar-refractivity contribution in [1.29, 1.82) is 0 Å². The number of para-hydroxylation sites is 1. The molecule has 0 saturated carbocycles. The fourth-order valence-electron chi connectivity index (χ4n) is 4.58. The Bertz CT molecular complexity index is 1540. The van der Waals surface area contributed by atoms with Crippen molar-refractivity contribution < 1.29 is 0 Å². The Morgan fingerprint density at radius 2 is 1.68 bits per heavy atom. The standard InChI is InChI=1S/C27H23N7/c1-28-26-15-23(22-5-3-4-6-25(22)31-26)24-17-30-34-18-20(16-29-27(24)34)19-7-9-21(10-8-19)33-13-11-32(2)12-14-33/h3-10,15-18H,11-14H2,2H3. The van der Waals surface area contributed by atoms with Crippen molar-refractivity contribution in [1.82, 2.24) is 24.5 Å². The lowest BCUT2D eigenvalue weighted by atomic mass is 10.0. The summed E-state index contributed by atoms with van der Waals surface area (Å²) < 4.78 is 1.81. The average Bonchev–Trinajstić information content (AvgIpc) is 3.32. The van der Waals surface area contributed by atoms with Crippen molar-refractivity contribution in [2.45, 2.75) is 0 Å². The van der Waals surface area contributed by atoms with Crippen molar-refractivity contribution in [3.8, 4) is 22.3 Å². The molecule has 1 aliphatic heterocycles. The summed E-state index contributed by atoms with van der Waals surface area (Å²) in [4.78, 5) is 17.5. The number of hydrogen-bond acceptors (Lipinski definition) is 5. The van der Waals surface area contributed by atoms with Gasteiger partial charge < -0.3 is 14.6 Å². The highest BCUT2D eigenvalue weighted by Gasteiger charge is 2.16. The molecular weight excluding hydrogens is 422 g/mol. The fraction of sp³-hybridized carbons (Fsp3) is 0.185. The Hall–Kier alpha value is -4.28. The van der Waals surface area contributed by atoms with Crippen LogP contribution in [0, 0.1) is 6.57 Å². The lowest BCUT2D eigenvalue weighted by Crippen LogP contribution is -2.44. The van der Waals surface area contributed by atoms with Gasteiger partial charge in [-0.25, -0.2) is 9.50 Å². The van der Waals surface area contributed by atoms with E-state index in [4.69, 9.17) is 11.6 Å². The predicted molar refractivity (Wildman–Crippen MR) is 135 cm³/mol. The number of anilines is 1. The first-order chi connectivity index (χ1) is 16.7. The molecule has 1 aliphatic rings. The minimum atomic E-state index is 0.366. The summed E-state index contributed by atoms with van der Waals surface area (Å²) in [6, 6.07) is 18.4. The van der Waals surface area contributed by atoms with Crippen molar-refractivity contribution in [2.24, 2.45) is 0 Å². The van der Waals surface area contributed by atoms with E-state index >= 15 is 0 Å². The Kier molecular flexibility index (Phi) is 4.93. The van der Waals surface area contributed by atoms with Crippen LogP contribution in [-0.2, 0) is 0 Å². The van der Waals surface area contributed by atoms with Crippen molar-refractivity contribution in [2.75, 3.05) is 38.1 Å². The van der Waals surface area contributed by atoms with Crippen LogP contribution in [-0.4, -0.2) is 57.7 Å². The Morgan fingerprint density at radius 1 is 0.882 bits per heavy atom. The summed E-state index contributed by atoms with van der Waals surface area (Å²) in [6.45, 7) is 11.7. The van der Waals surface area contributed by atoms with Crippen molar-refractivity contribution in [3.63, 3.8) is 0 Å². The second-order valence-corrected chi connectivity index (χ2v) is 8.66. The molecule has 2 aromatic carbocycles. The van der Waals surface area contributed by atoms with Gasteiger partial charge in [0.25, 0.3) is 5.82 Å². The van der Waals surface area contributed by atoms with Gasteiger partial charge in [0.2, 0.25) is 0 Å². The van der Waals surface area contributed by atoms with E-state index in [-0.39, 0.29) is 0 Å². The molecular formula is C27H23N7. The molecule has 0 amide bonds. The van der Waals surface area contributed by atoms with Crippen LogP contribution in [0.5, 0.6) is 0 Å². The van der Waals surface area contributed by atoms with Crippen LogP contribution in [0.1, 0.15) is 0 Å². The molecule has 0 atom stereocenters. The summed E-state index contributed by atoms with van der Waals surface area (Å²) in [7, 11) is 2.17. The molecule has 0 N–H and O–H groups in total. The van der Waals surface area contributed by atoms with E-state index in [0.29, 0.717) is 5.82 Å². The van der Waals surface area contributed by atoms with Gasteiger partial charge in [0.05, 0.1) is 6.20 Å². The molecule has 0 aliphatic carbocycles. The molecule has 0 radical (unpaired) electrons. The third-order valence-electron chi connectivity index (χ3n) is 6.53. The van der Waals surface area contributed by atoms with E-state index in [0.717, 1.165) is 65.0 Å². The van der Waals surface area contributed by atoms with E-state index in [1.165, 1.54) is 5.69 Å². The second kappa shape index (κ2) is 8.25. The normalized spacial score (nSPS) is 14.5. The fourth-order valence-corrected chi connectivity index (χ4v) is 4.58. The van der Waals surface area contributed by atoms with Gasteiger partial charge >= 0.3 is 0 Å². The molecule has 0 bridgehead atoms. The first kappa shape index (κ1) is 20.3. The number of benzene rings is 2. The quantitative estimate of drug-likeness (QED) is 0.369. The van der Waals surface area contributed by atoms with Gasteiger partial charge in [-0.05, 0) is 42.4 Å². The minimum absolute atomic E-state index is 0.366. The number of nitrogens with zero attached hydrogens (tertiary/aromatic N) is 7. The lowest BCUT2D eigenvalue weighted by Gasteiger charge is -2.34. The van der Waals surface area contributed by atoms with Crippen LogP contribution >= 0.6 is 0 Å². The van der Waals surface area contributed by atoms with E-state index in [1.54, 1.807) is 0 Å². The van der Waals surface area contributed by atoms with Crippen LogP contribution in [0.15, 0.2) is 73.2 Å². The maximum atomic E-state index is 7.44. The van der Waals surface area contributed by atoms with Gasteiger partial charge in [-0.3, -0.25) is 0 Å². The molecule has 6 rings (SSSR count). The lowest BCUT2D eigenvalue weighted by molar-refractivity contribution is 0.313. The number of hydrogen-bond donors (Lipinski definition) is 0. The molecule has 3 aromatic heterocycles. The van der Waals surface area contributed by atoms with Gasteiger partial charge in [-0.15, -0.1) is 4.98 Å². The molecule has 166 valence electrons. The van der Waals surface area contributed by atoms with Crippen LogP contribution in [0.4, 0.5) is 11.5 Å². The maximum Gasteiger partial charge on any atom is 0.270 e. The number of fused-ring (bicyclic) bond motifs is 2. The Morgan fingerprint density at radius 3 is 2.47 bits per heavy atom. The number of piperazine rings is 1. The number of pyridine rings is 1. The highest BCUT2D eigenvalue weighted by Crippen LogP contribution is 2.33. The topological polar surface area (TPSA) is 53.9 Å². The maximum absolute atomic E-state index is 7.44. The smallest absolute Gasteiger partial charge is 0.270 e. The molecule has 0 unspecified atom stereocenters. The Labute approximate surface area is 197 Å². The largest absolute Gasteiger partial charge is 0.369 e. The Balaban J connectivity index is 1.35. The van der Waals surface area contributed by atoms with Gasteiger partial charge in [0.15, 0.2) is 11.2 Å². The SMILES string of the molecule is [C-]#[N+]c1cc(-c2cnn3cc(-c4ccc(N5CCN(C)CC5)cc4)cnc23)c2ccccc2n1. The number of rotatable bonds is 3. The highest BCUT2D eigenvalue weighted by molar-refractivity contribution is 5.99. The summed E-state index contributed by atoms with van der Waals surface area (Å²) >= 11 is 0. The molecule has 4 heterocycles. The molecule has 7 heteroatoms. The third kappa shape index (κ3) is 3.54. The van der Waals surface area contributed by atoms with E-state index in [2.05, 4.69) is 56.0 Å². The highest BCUT2D eigenvalue weighted by atomic mass is 15.2. The minimum Gasteiger partial charge on any atom is -0.369 e. The van der Waals surface area contributed by atoms with E-state index in [1.807, 2.05) is 53.4 Å². The zero-order valence-corrected chi connectivity index (χ0v) is 18.9. The molecule has 1 saturated heterocycles. The van der Waals surface area contributed by atoms with Gasteiger partial charge in [0.1, 0.15) is 0 Å². The first-order valence-corrected chi connectivity index (χ1v) is 11.3. The monoisotopic (exact) mass is 445 g/mol. The van der Waals surface area contributed by atoms with Crippen LogP contribution < -0.4 is 4.90 Å². The molecule has 7 nitrogen and oxygen atoms in total. The molecule has 0 spiro atoms. The zero-order chi connectivity index (χ0) is 23.1. The van der Waals surface area contributed by atoms with Gasteiger partial charge in [-0.2, -0.15) is 5.10 Å². The molecule has 5 aromatic rings. The van der Waals surface area contributed by atoms with Gasteiger partial charge in [0, 0.05) is 60.8 Å². The van der Waals surface area contributed by atoms with Crippen molar-refractivity contribution in [3.05, 3.63) is 84.6 Å². The van der Waals surface area contributed by atoms with Crippen LogP contribution in [0.25, 0.3) is 43.6 Å². The summed E-state index contributed by atoms with van der Waals surface area (Å²) in [5.74, 6) is 0.366. The first-order valence-electron chi connectivity index (χ1n) is 11.3. The van der Waals surface area contributed by atoms with Crippen molar-refractivity contribution >= 4 is 28.1 Å². The number of aromatic nitrogens is 4. The van der Waals surface area contributed by atoms with Gasteiger partial charge in [-0.1, -0.05) is 36.9 Å². The number of likely N-dealkylation sites (N-methyl/N-ethyl adjacent to an activating group) is 1. The third-order valence-corrected chi connectivity index (χ3v) is 6.53. The van der Waals surface area contributed by atoms with Crippen LogP contribution in [0.2, 0.25) is 0 Å². The summed E-state index contributed by atoms with van der Waals surface area (Å²) in [5.41, 5.74) is 6.73.